The zero-order chi connectivity index (χ0) is 19.6. The van der Waals surface area contributed by atoms with Crippen LogP contribution in [0.15, 0.2) is 36.4 Å². The van der Waals surface area contributed by atoms with Gasteiger partial charge in [0.1, 0.15) is 5.82 Å². The third-order valence-electron chi connectivity index (χ3n) is 4.21. The summed E-state index contributed by atoms with van der Waals surface area (Å²) in [6, 6.07) is 9.77. The lowest BCUT2D eigenvalue weighted by Crippen LogP contribution is -2.37. The molecule has 28 heavy (non-hydrogen) atoms. The summed E-state index contributed by atoms with van der Waals surface area (Å²) >= 11 is 7.62. The van der Waals surface area contributed by atoms with Gasteiger partial charge in [0.2, 0.25) is 5.91 Å². The van der Waals surface area contributed by atoms with Gasteiger partial charge in [-0.2, -0.15) is 0 Å². The average Bonchev–Trinajstić information content (AvgIpc) is 3.00. The van der Waals surface area contributed by atoms with Crippen LogP contribution in [0.4, 0.5) is 9.52 Å². The molecule has 4 nitrogen and oxygen atoms in total. The van der Waals surface area contributed by atoms with E-state index in [-0.39, 0.29) is 30.6 Å². The van der Waals surface area contributed by atoms with Crippen LogP contribution in [0.3, 0.4) is 0 Å². The molecule has 0 aliphatic rings. The summed E-state index contributed by atoms with van der Waals surface area (Å²) in [4.78, 5) is 21.4. The van der Waals surface area contributed by atoms with E-state index in [4.69, 9.17) is 16.6 Å². The fourth-order valence-electron chi connectivity index (χ4n) is 2.76. The maximum atomic E-state index is 13.1. The molecule has 1 heterocycles. The zero-order valence-electron chi connectivity index (χ0n) is 15.9. The molecule has 8 heteroatoms. The van der Waals surface area contributed by atoms with E-state index in [1.807, 2.05) is 38.1 Å². The van der Waals surface area contributed by atoms with Gasteiger partial charge in [-0.3, -0.25) is 9.69 Å². The number of hydrogen-bond donors (Lipinski definition) is 0. The van der Waals surface area contributed by atoms with Gasteiger partial charge in [0.05, 0.1) is 16.6 Å². The van der Waals surface area contributed by atoms with E-state index in [0.717, 1.165) is 21.3 Å². The molecule has 3 rings (SSSR count). The number of hydrogen-bond acceptors (Lipinski definition) is 4. The van der Waals surface area contributed by atoms with Gasteiger partial charge in [0, 0.05) is 18.1 Å². The van der Waals surface area contributed by atoms with Crippen LogP contribution in [0.1, 0.15) is 11.1 Å². The van der Waals surface area contributed by atoms with E-state index in [1.54, 1.807) is 17.0 Å². The number of rotatable bonds is 6. The van der Waals surface area contributed by atoms with Crippen molar-refractivity contribution in [2.45, 2.75) is 13.3 Å². The number of fused-ring (bicyclic) bond motifs is 1. The number of anilines is 1. The Labute approximate surface area is 179 Å². The van der Waals surface area contributed by atoms with Crippen molar-refractivity contribution in [2.75, 3.05) is 32.1 Å². The van der Waals surface area contributed by atoms with Gasteiger partial charge in [-0.1, -0.05) is 35.1 Å². The molecule has 3 aromatic rings. The van der Waals surface area contributed by atoms with Gasteiger partial charge < -0.3 is 4.90 Å². The number of carbonyl (C=O) groups is 1. The quantitative estimate of drug-likeness (QED) is 0.542. The molecule has 0 N–H and O–H groups in total. The Balaban J connectivity index is 0.00000280. The van der Waals surface area contributed by atoms with Crippen LogP contribution in [-0.2, 0) is 11.2 Å². The van der Waals surface area contributed by atoms with E-state index in [2.05, 4.69) is 0 Å². The second-order valence-electron chi connectivity index (χ2n) is 6.72. The smallest absolute Gasteiger partial charge is 0.233 e. The predicted octanol–water partition coefficient (Wildman–Crippen LogP) is 4.96. The summed E-state index contributed by atoms with van der Waals surface area (Å²) in [5.74, 6) is -0.375. The summed E-state index contributed by atoms with van der Waals surface area (Å²) in [5.41, 5.74) is 2.62. The lowest BCUT2D eigenvalue weighted by Gasteiger charge is -2.22. The van der Waals surface area contributed by atoms with E-state index in [1.165, 1.54) is 23.5 Å². The Hall–Kier alpha value is -1.73. The lowest BCUT2D eigenvalue weighted by atomic mass is 10.1. The second kappa shape index (κ2) is 9.65. The number of carbonyl (C=O) groups excluding carboxylic acids is 1. The van der Waals surface area contributed by atoms with Crippen LogP contribution in [0.5, 0.6) is 0 Å². The van der Waals surface area contributed by atoms with Crippen molar-refractivity contribution >= 4 is 56.6 Å². The first-order valence-corrected chi connectivity index (χ1v) is 9.79. The maximum absolute atomic E-state index is 13.1. The third kappa shape index (κ3) is 5.41. The van der Waals surface area contributed by atoms with E-state index < -0.39 is 0 Å². The maximum Gasteiger partial charge on any atom is 0.233 e. The molecule has 0 unspecified atom stereocenters. The number of likely N-dealkylation sites (N-methyl/N-ethyl adjacent to an activating group) is 1. The highest BCUT2D eigenvalue weighted by atomic mass is 35.5. The molecule has 0 fully saturated rings. The molecule has 0 atom stereocenters. The SMILES string of the molecule is Cc1cc(Cl)cc2sc(N(CCN(C)C)C(=O)Cc3ccc(F)cc3)nc12.Cl. The number of nitrogens with zero attached hydrogens (tertiary/aromatic N) is 3. The molecule has 0 aliphatic heterocycles. The summed E-state index contributed by atoms with van der Waals surface area (Å²) in [6.45, 7) is 3.20. The highest BCUT2D eigenvalue weighted by Crippen LogP contribution is 2.33. The molecule has 0 bridgehead atoms. The molecule has 0 spiro atoms. The second-order valence-corrected chi connectivity index (χ2v) is 8.16. The van der Waals surface area contributed by atoms with Crippen LogP contribution in [0, 0.1) is 12.7 Å². The summed E-state index contributed by atoms with van der Waals surface area (Å²) in [7, 11) is 3.93. The Kier molecular flexibility index (Phi) is 7.78. The van der Waals surface area contributed by atoms with Crippen molar-refractivity contribution in [3.63, 3.8) is 0 Å². The monoisotopic (exact) mass is 441 g/mol. The lowest BCUT2D eigenvalue weighted by molar-refractivity contribution is -0.118. The molecule has 0 radical (unpaired) electrons. The fraction of sp³-hybridized carbons (Fsp3) is 0.300. The van der Waals surface area contributed by atoms with E-state index >= 15 is 0 Å². The minimum Gasteiger partial charge on any atom is -0.308 e. The highest BCUT2D eigenvalue weighted by Gasteiger charge is 2.21. The molecule has 150 valence electrons. The van der Waals surface area contributed by atoms with Gasteiger partial charge in [0.15, 0.2) is 5.13 Å². The van der Waals surface area contributed by atoms with Gasteiger partial charge >= 0.3 is 0 Å². The van der Waals surface area contributed by atoms with Gasteiger partial charge in [-0.25, -0.2) is 9.37 Å². The molecule has 0 saturated carbocycles. The number of benzene rings is 2. The first-order valence-electron chi connectivity index (χ1n) is 8.59. The number of aryl methyl sites for hydroxylation is 1. The molecular formula is C20H22Cl2FN3OS. The molecule has 0 saturated heterocycles. The Morgan fingerprint density at radius 1 is 1.18 bits per heavy atom. The van der Waals surface area contributed by atoms with Crippen LogP contribution in [0.25, 0.3) is 10.2 Å². The molecule has 1 aromatic heterocycles. The van der Waals surface area contributed by atoms with Crippen molar-refractivity contribution in [2.24, 2.45) is 0 Å². The Morgan fingerprint density at radius 3 is 2.50 bits per heavy atom. The first-order chi connectivity index (χ1) is 12.8. The molecule has 0 aliphatic carbocycles. The highest BCUT2D eigenvalue weighted by molar-refractivity contribution is 7.22. The van der Waals surface area contributed by atoms with Crippen LogP contribution in [0.2, 0.25) is 5.02 Å². The van der Waals surface area contributed by atoms with Gasteiger partial charge in [0.25, 0.3) is 0 Å². The van der Waals surface area contributed by atoms with E-state index in [9.17, 15) is 9.18 Å². The van der Waals surface area contributed by atoms with Crippen molar-refractivity contribution in [1.29, 1.82) is 0 Å². The average molecular weight is 442 g/mol. The summed E-state index contributed by atoms with van der Waals surface area (Å²) in [6.07, 6.45) is 0.198. The topological polar surface area (TPSA) is 36.4 Å². The summed E-state index contributed by atoms with van der Waals surface area (Å²) < 4.78 is 14.1. The molecule has 2 aromatic carbocycles. The van der Waals surface area contributed by atoms with Crippen molar-refractivity contribution in [1.82, 2.24) is 9.88 Å². The Bertz CT molecular complexity index is 960. The minimum absolute atomic E-state index is 0. The van der Waals surface area contributed by atoms with Crippen LogP contribution in [-0.4, -0.2) is 43.0 Å². The van der Waals surface area contributed by atoms with E-state index in [0.29, 0.717) is 23.2 Å². The molecular weight excluding hydrogens is 420 g/mol. The fourth-order valence-corrected chi connectivity index (χ4v) is 4.22. The number of aromatic nitrogens is 1. The van der Waals surface area contributed by atoms with Crippen LogP contribution >= 0.6 is 35.3 Å². The minimum atomic E-state index is -0.311. The predicted molar refractivity (Wildman–Crippen MR) is 118 cm³/mol. The van der Waals surface area contributed by atoms with Gasteiger partial charge in [-0.15, -0.1) is 12.4 Å². The van der Waals surface area contributed by atoms with Crippen molar-refractivity contribution < 1.29 is 9.18 Å². The molecule has 1 amide bonds. The van der Waals surface area contributed by atoms with Crippen molar-refractivity contribution in [3.05, 3.63) is 58.4 Å². The third-order valence-corrected chi connectivity index (χ3v) is 5.45. The van der Waals surface area contributed by atoms with Crippen molar-refractivity contribution in [3.8, 4) is 0 Å². The standard InChI is InChI=1S/C20H21ClFN3OS.ClH/c1-13-10-15(21)12-17-19(13)23-20(27-17)25(9-8-24(2)3)18(26)11-14-4-6-16(22)7-5-14;/h4-7,10,12H,8-9,11H2,1-3H3;1H. The summed E-state index contributed by atoms with van der Waals surface area (Å²) in [5, 5.41) is 1.32. The first kappa shape index (κ1) is 22.6. The largest absolute Gasteiger partial charge is 0.308 e. The number of thiazole rings is 1. The van der Waals surface area contributed by atoms with Crippen LogP contribution < -0.4 is 4.90 Å². The van der Waals surface area contributed by atoms with Gasteiger partial charge in [-0.05, 0) is 56.4 Å². The Morgan fingerprint density at radius 2 is 1.86 bits per heavy atom. The zero-order valence-corrected chi connectivity index (χ0v) is 18.3. The number of halogens is 3. The number of amides is 1. The normalized spacial score (nSPS) is 10.9.